The zero-order chi connectivity index (χ0) is 15.1. The smallest absolute Gasteiger partial charge is 0.214 e. The van der Waals surface area contributed by atoms with Crippen LogP contribution in [0, 0.1) is 6.92 Å². The molecule has 0 radical (unpaired) electrons. The molecule has 0 unspecified atom stereocenters. The van der Waals surface area contributed by atoms with Gasteiger partial charge in [-0.1, -0.05) is 11.3 Å². The lowest BCUT2D eigenvalue weighted by Crippen LogP contribution is -2.19. The van der Waals surface area contributed by atoms with Gasteiger partial charge in [0.2, 0.25) is 10.1 Å². The first kappa shape index (κ1) is 13.7. The van der Waals surface area contributed by atoms with E-state index in [-0.39, 0.29) is 12.6 Å². The van der Waals surface area contributed by atoms with Crippen LogP contribution in [-0.2, 0) is 13.0 Å². The van der Waals surface area contributed by atoms with Crippen LogP contribution in [0.2, 0.25) is 0 Å². The van der Waals surface area contributed by atoms with Crippen LogP contribution in [0.15, 0.2) is 12.4 Å². The summed E-state index contributed by atoms with van der Waals surface area (Å²) in [6, 6.07) is 0.230. The lowest BCUT2D eigenvalue weighted by molar-refractivity contribution is 0.266. The van der Waals surface area contributed by atoms with Crippen molar-refractivity contribution in [1.29, 1.82) is 0 Å². The third-order valence-corrected chi connectivity index (χ3v) is 4.89. The quantitative estimate of drug-likeness (QED) is 0.766. The molecule has 1 atom stereocenters. The molecule has 1 aliphatic rings. The van der Waals surface area contributed by atoms with Gasteiger partial charge in [-0.15, -0.1) is 5.10 Å². The second-order valence-corrected chi connectivity index (χ2v) is 6.56. The summed E-state index contributed by atoms with van der Waals surface area (Å²) in [5, 5.41) is 22.5. The van der Waals surface area contributed by atoms with Crippen molar-refractivity contribution in [3.63, 3.8) is 0 Å². The average molecular weight is 318 g/mol. The third-order valence-electron chi connectivity index (χ3n) is 4.04. The Balaban J connectivity index is 1.60. The van der Waals surface area contributed by atoms with Crippen molar-refractivity contribution in [3.8, 4) is 0 Å². The summed E-state index contributed by atoms with van der Waals surface area (Å²) in [4.78, 5) is 5.34. The molecule has 3 aromatic rings. The highest BCUT2D eigenvalue weighted by molar-refractivity contribution is 7.20. The Kier molecular flexibility index (Phi) is 3.34. The van der Waals surface area contributed by atoms with E-state index in [2.05, 4.69) is 20.5 Å². The lowest BCUT2D eigenvalue weighted by atomic mass is 9.93. The SMILES string of the molecule is Cc1cn2nc(N[C@H]3CCCc4c3cnn4CCO)sc2n1. The molecule has 0 bridgehead atoms. The number of hydrogen-bond acceptors (Lipinski definition) is 6. The topological polar surface area (TPSA) is 80.3 Å². The fraction of sp³-hybridized carbons (Fsp3) is 0.500. The van der Waals surface area contributed by atoms with Crippen LogP contribution in [0.5, 0.6) is 0 Å². The van der Waals surface area contributed by atoms with E-state index in [1.165, 1.54) is 11.3 Å². The van der Waals surface area contributed by atoms with Crippen LogP contribution in [0.4, 0.5) is 5.13 Å². The molecule has 8 heteroatoms. The lowest BCUT2D eigenvalue weighted by Gasteiger charge is -2.23. The average Bonchev–Trinajstić information content (AvgIpc) is 3.13. The maximum absolute atomic E-state index is 9.13. The predicted molar refractivity (Wildman–Crippen MR) is 84.2 cm³/mol. The zero-order valence-corrected chi connectivity index (χ0v) is 13.2. The molecule has 0 aromatic carbocycles. The van der Waals surface area contributed by atoms with E-state index in [4.69, 9.17) is 5.11 Å². The highest BCUT2D eigenvalue weighted by atomic mass is 32.1. The molecule has 3 heterocycles. The van der Waals surface area contributed by atoms with Crippen molar-refractivity contribution in [3.05, 3.63) is 29.3 Å². The summed E-state index contributed by atoms with van der Waals surface area (Å²) in [5.74, 6) is 0. The normalized spacial score (nSPS) is 17.8. The second kappa shape index (κ2) is 5.36. The number of anilines is 1. The van der Waals surface area contributed by atoms with Gasteiger partial charge < -0.3 is 10.4 Å². The number of aliphatic hydroxyl groups excluding tert-OH is 1. The predicted octanol–water partition coefficient (Wildman–Crippen LogP) is 1.78. The molecule has 22 heavy (non-hydrogen) atoms. The van der Waals surface area contributed by atoms with E-state index in [0.717, 1.165) is 35.0 Å². The minimum atomic E-state index is 0.120. The highest BCUT2D eigenvalue weighted by Gasteiger charge is 2.25. The van der Waals surface area contributed by atoms with Gasteiger partial charge >= 0.3 is 0 Å². The van der Waals surface area contributed by atoms with Crippen LogP contribution in [-0.4, -0.2) is 36.1 Å². The van der Waals surface area contributed by atoms with E-state index in [0.29, 0.717) is 6.54 Å². The van der Waals surface area contributed by atoms with E-state index in [1.54, 1.807) is 11.3 Å². The first-order valence-corrected chi connectivity index (χ1v) is 8.31. The van der Waals surface area contributed by atoms with Crippen molar-refractivity contribution >= 4 is 21.4 Å². The summed E-state index contributed by atoms with van der Waals surface area (Å²) in [6.07, 6.45) is 7.06. The molecule has 0 spiro atoms. The van der Waals surface area contributed by atoms with Crippen LogP contribution in [0.1, 0.15) is 35.8 Å². The number of nitrogens with zero attached hydrogens (tertiary/aromatic N) is 5. The fourth-order valence-corrected chi connectivity index (χ4v) is 3.95. The van der Waals surface area contributed by atoms with E-state index >= 15 is 0 Å². The van der Waals surface area contributed by atoms with E-state index < -0.39 is 0 Å². The van der Waals surface area contributed by atoms with Gasteiger partial charge in [0.25, 0.3) is 0 Å². The Bertz CT molecular complexity index is 772. The summed E-state index contributed by atoms with van der Waals surface area (Å²) < 4.78 is 3.74. The van der Waals surface area contributed by atoms with E-state index in [9.17, 15) is 0 Å². The first-order valence-electron chi connectivity index (χ1n) is 7.49. The van der Waals surface area contributed by atoms with Gasteiger partial charge in [0.15, 0.2) is 0 Å². The van der Waals surface area contributed by atoms with Gasteiger partial charge in [-0.2, -0.15) is 5.10 Å². The molecule has 4 rings (SSSR count). The zero-order valence-electron chi connectivity index (χ0n) is 12.4. The number of aryl methyl sites for hydroxylation is 1. The van der Waals surface area contributed by atoms with E-state index in [1.807, 2.05) is 28.5 Å². The number of nitrogens with one attached hydrogen (secondary N) is 1. The minimum absolute atomic E-state index is 0.120. The van der Waals surface area contributed by atoms with Crippen molar-refractivity contribution < 1.29 is 5.11 Å². The minimum Gasteiger partial charge on any atom is -0.394 e. The Labute approximate surface area is 131 Å². The molecule has 2 N–H and O–H groups in total. The third kappa shape index (κ3) is 2.28. The van der Waals surface area contributed by atoms with Crippen molar-refractivity contribution in [2.75, 3.05) is 11.9 Å². The molecule has 1 aliphatic carbocycles. The van der Waals surface area contributed by atoms with Crippen LogP contribution >= 0.6 is 11.3 Å². The number of aliphatic hydroxyl groups is 1. The fourth-order valence-electron chi connectivity index (χ4n) is 3.07. The Hall–Kier alpha value is -1.93. The largest absolute Gasteiger partial charge is 0.394 e. The highest BCUT2D eigenvalue weighted by Crippen LogP contribution is 2.33. The van der Waals surface area contributed by atoms with Crippen molar-refractivity contribution in [2.24, 2.45) is 0 Å². The first-order chi connectivity index (χ1) is 10.7. The molecule has 0 amide bonds. The van der Waals surface area contributed by atoms with Gasteiger partial charge in [-0.25, -0.2) is 9.50 Å². The van der Waals surface area contributed by atoms with Gasteiger partial charge in [0.1, 0.15) is 0 Å². The Morgan fingerprint density at radius 1 is 1.50 bits per heavy atom. The molecule has 0 saturated heterocycles. The van der Waals surface area contributed by atoms with Gasteiger partial charge in [-0.3, -0.25) is 4.68 Å². The van der Waals surface area contributed by atoms with Crippen LogP contribution in [0.25, 0.3) is 4.96 Å². The van der Waals surface area contributed by atoms with Crippen molar-refractivity contribution in [2.45, 2.75) is 38.8 Å². The molecule has 0 fully saturated rings. The van der Waals surface area contributed by atoms with Gasteiger partial charge in [0.05, 0.1) is 37.3 Å². The van der Waals surface area contributed by atoms with Crippen molar-refractivity contribution in [1.82, 2.24) is 24.4 Å². The van der Waals surface area contributed by atoms with Gasteiger partial charge in [0, 0.05) is 11.3 Å². The molecule has 3 aromatic heterocycles. The summed E-state index contributed by atoms with van der Waals surface area (Å²) in [5.41, 5.74) is 3.44. The maximum Gasteiger partial charge on any atom is 0.214 e. The maximum atomic E-state index is 9.13. The standard InChI is InChI=1S/C14H18N6OS/c1-9-8-20-14(16-9)22-13(18-20)17-11-3-2-4-12-10(11)7-15-19(12)5-6-21/h7-8,11,21H,2-6H2,1H3,(H,17,18)/t11-/m0/s1. The number of imidazole rings is 1. The number of hydrogen-bond donors (Lipinski definition) is 2. The second-order valence-electron chi connectivity index (χ2n) is 5.60. The summed E-state index contributed by atoms with van der Waals surface area (Å²) in [7, 11) is 0. The van der Waals surface area contributed by atoms with Gasteiger partial charge in [-0.05, 0) is 26.2 Å². The molecule has 0 saturated carbocycles. The van der Waals surface area contributed by atoms with Crippen LogP contribution in [0.3, 0.4) is 0 Å². The van der Waals surface area contributed by atoms with Crippen LogP contribution < -0.4 is 5.32 Å². The molecule has 0 aliphatic heterocycles. The molecular formula is C14H18N6OS. The Morgan fingerprint density at radius 3 is 3.23 bits per heavy atom. The summed E-state index contributed by atoms with van der Waals surface area (Å²) >= 11 is 1.57. The number of aromatic nitrogens is 5. The molecule has 116 valence electrons. The molecular weight excluding hydrogens is 300 g/mol. The number of rotatable bonds is 4. The summed E-state index contributed by atoms with van der Waals surface area (Å²) in [6.45, 7) is 2.65. The monoisotopic (exact) mass is 318 g/mol. The Morgan fingerprint density at radius 2 is 2.41 bits per heavy atom. The number of fused-ring (bicyclic) bond motifs is 2. The molecule has 7 nitrogen and oxygen atoms in total.